The van der Waals surface area contributed by atoms with E-state index < -0.39 is 9.84 Å². The molecular formula is C8H12N2O2S. The van der Waals surface area contributed by atoms with Crippen molar-refractivity contribution in [2.24, 2.45) is 0 Å². The van der Waals surface area contributed by atoms with Gasteiger partial charge >= 0.3 is 0 Å². The molecule has 1 aliphatic heterocycles. The van der Waals surface area contributed by atoms with E-state index in [0.29, 0.717) is 5.75 Å². The van der Waals surface area contributed by atoms with Gasteiger partial charge in [0.2, 0.25) is 0 Å². The first kappa shape index (κ1) is 8.74. The minimum Gasteiger partial charge on any atom is -0.331 e. The molecule has 0 aliphatic carbocycles. The fraction of sp³-hybridized carbons (Fsp3) is 0.625. The highest BCUT2D eigenvalue weighted by atomic mass is 32.2. The van der Waals surface area contributed by atoms with Crippen molar-refractivity contribution in [3.8, 4) is 0 Å². The Morgan fingerprint density at radius 1 is 1.62 bits per heavy atom. The second-order valence-electron chi connectivity index (χ2n) is 3.44. The summed E-state index contributed by atoms with van der Waals surface area (Å²) >= 11 is 0. The number of sulfone groups is 1. The van der Waals surface area contributed by atoms with Gasteiger partial charge in [0.05, 0.1) is 11.5 Å². The third-order valence-electron chi connectivity index (χ3n) is 2.46. The fourth-order valence-electron chi connectivity index (χ4n) is 1.77. The summed E-state index contributed by atoms with van der Waals surface area (Å²) in [5, 5.41) is 0. The van der Waals surface area contributed by atoms with Crippen LogP contribution >= 0.6 is 0 Å². The van der Waals surface area contributed by atoms with E-state index in [1.807, 2.05) is 17.7 Å². The summed E-state index contributed by atoms with van der Waals surface area (Å²) in [7, 11) is -2.79. The largest absolute Gasteiger partial charge is 0.331 e. The molecular weight excluding hydrogens is 188 g/mol. The number of imidazole rings is 1. The van der Waals surface area contributed by atoms with Crippen molar-refractivity contribution < 1.29 is 8.42 Å². The monoisotopic (exact) mass is 200 g/mol. The summed E-state index contributed by atoms with van der Waals surface area (Å²) in [6.45, 7) is 1.89. The molecule has 1 unspecified atom stereocenters. The minimum atomic E-state index is -2.79. The van der Waals surface area contributed by atoms with Crippen LogP contribution < -0.4 is 0 Å². The van der Waals surface area contributed by atoms with E-state index in [4.69, 9.17) is 0 Å². The average Bonchev–Trinajstić information content (AvgIpc) is 2.56. The van der Waals surface area contributed by atoms with Gasteiger partial charge < -0.3 is 4.57 Å². The topological polar surface area (TPSA) is 52.0 Å². The van der Waals surface area contributed by atoms with Gasteiger partial charge in [0, 0.05) is 18.4 Å². The Bertz CT molecular complexity index is 408. The highest BCUT2D eigenvalue weighted by Crippen LogP contribution is 2.24. The first-order chi connectivity index (χ1) is 6.08. The smallest absolute Gasteiger partial charge is 0.152 e. The molecule has 0 bridgehead atoms. The third kappa shape index (κ3) is 1.60. The Hall–Kier alpha value is -0.840. The van der Waals surface area contributed by atoms with E-state index in [2.05, 4.69) is 4.98 Å². The summed E-state index contributed by atoms with van der Waals surface area (Å²) < 4.78 is 24.4. The molecule has 5 heteroatoms. The maximum atomic E-state index is 11.2. The van der Waals surface area contributed by atoms with Gasteiger partial charge in [-0.2, -0.15) is 0 Å². The summed E-state index contributed by atoms with van der Waals surface area (Å²) in [6, 6.07) is 0.104. The third-order valence-corrected chi connectivity index (χ3v) is 4.21. The van der Waals surface area contributed by atoms with Gasteiger partial charge in [0.15, 0.2) is 9.84 Å². The lowest BCUT2D eigenvalue weighted by molar-refractivity contribution is 0.542. The molecule has 4 nitrogen and oxygen atoms in total. The van der Waals surface area contributed by atoms with Gasteiger partial charge in [0.25, 0.3) is 0 Å². The summed E-state index contributed by atoms with van der Waals surface area (Å²) in [6.07, 6.45) is 4.28. The van der Waals surface area contributed by atoms with E-state index in [1.54, 1.807) is 6.20 Å². The fourth-order valence-corrected chi connectivity index (χ4v) is 3.48. The maximum absolute atomic E-state index is 11.2. The van der Waals surface area contributed by atoms with Crippen molar-refractivity contribution >= 4 is 9.84 Å². The second-order valence-corrected chi connectivity index (χ2v) is 5.67. The molecule has 1 atom stereocenters. The lowest BCUT2D eigenvalue weighted by Crippen LogP contribution is -2.11. The van der Waals surface area contributed by atoms with Crippen molar-refractivity contribution in [3.05, 3.63) is 18.2 Å². The Kier molecular flexibility index (Phi) is 1.91. The van der Waals surface area contributed by atoms with E-state index >= 15 is 0 Å². The van der Waals surface area contributed by atoms with Crippen LogP contribution in [0.5, 0.6) is 0 Å². The first-order valence-electron chi connectivity index (χ1n) is 4.28. The number of hydrogen-bond donors (Lipinski definition) is 0. The van der Waals surface area contributed by atoms with Crippen LogP contribution in [-0.2, 0) is 9.84 Å². The van der Waals surface area contributed by atoms with Crippen molar-refractivity contribution in [3.63, 3.8) is 0 Å². The Morgan fingerprint density at radius 3 is 2.85 bits per heavy atom. The van der Waals surface area contributed by atoms with Gasteiger partial charge in [-0.15, -0.1) is 0 Å². The lowest BCUT2D eigenvalue weighted by Gasteiger charge is -2.10. The van der Waals surface area contributed by atoms with Crippen molar-refractivity contribution in [2.75, 3.05) is 11.5 Å². The van der Waals surface area contributed by atoms with Crippen molar-refractivity contribution in [1.82, 2.24) is 9.55 Å². The van der Waals surface area contributed by atoms with Crippen LogP contribution in [0.25, 0.3) is 0 Å². The van der Waals surface area contributed by atoms with Crippen LogP contribution in [0.2, 0.25) is 0 Å². The van der Waals surface area contributed by atoms with Crippen LogP contribution in [0.1, 0.15) is 18.3 Å². The van der Waals surface area contributed by atoms with Crippen molar-refractivity contribution in [1.29, 1.82) is 0 Å². The van der Waals surface area contributed by atoms with Gasteiger partial charge in [-0.25, -0.2) is 13.4 Å². The molecule has 1 aromatic heterocycles. The molecule has 72 valence electrons. The number of aromatic nitrogens is 2. The SMILES string of the molecule is Cc1nccn1C1CCS(=O)(=O)C1. The highest BCUT2D eigenvalue weighted by Gasteiger charge is 2.29. The van der Waals surface area contributed by atoms with E-state index in [-0.39, 0.29) is 11.8 Å². The van der Waals surface area contributed by atoms with Crippen molar-refractivity contribution in [2.45, 2.75) is 19.4 Å². The zero-order valence-electron chi connectivity index (χ0n) is 7.47. The molecule has 1 aliphatic rings. The maximum Gasteiger partial charge on any atom is 0.152 e. The summed E-state index contributed by atoms with van der Waals surface area (Å²) in [4.78, 5) is 4.08. The van der Waals surface area contributed by atoms with Crippen LogP contribution in [0, 0.1) is 6.92 Å². The molecule has 13 heavy (non-hydrogen) atoms. The normalized spacial score (nSPS) is 26.4. The van der Waals surface area contributed by atoms with Gasteiger partial charge in [0.1, 0.15) is 5.82 Å². The predicted octanol–water partition coefficient (Wildman–Crippen LogP) is 0.551. The Morgan fingerprint density at radius 2 is 2.38 bits per heavy atom. The van der Waals surface area contributed by atoms with Crippen LogP contribution in [0.15, 0.2) is 12.4 Å². The molecule has 0 amide bonds. The molecule has 2 heterocycles. The van der Waals surface area contributed by atoms with E-state index in [0.717, 1.165) is 12.2 Å². The number of hydrogen-bond acceptors (Lipinski definition) is 3. The highest BCUT2D eigenvalue weighted by molar-refractivity contribution is 7.91. The molecule has 0 N–H and O–H groups in total. The molecule has 0 radical (unpaired) electrons. The van der Waals surface area contributed by atoms with E-state index in [9.17, 15) is 8.42 Å². The Balaban J connectivity index is 2.26. The van der Waals surface area contributed by atoms with Gasteiger partial charge in [-0.1, -0.05) is 0 Å². The lowest BCUT2D eigenvalue weighted by atomic mass is 10.2. The summed E-state index contributed by atoms with van der Waals surface area (Å²) in [5.74, 6) is 1.47. The minimum absolute atomic E-state index is 0.104. The molecule has 1 fully saturated rings. The quantitative estimate of drug-likeness (QED) is 0.665. The summed E-state index contributed by atoms with van der Waals surface area (Å²) in [5.41, 5.74) is 0. The first-order valence-corrected chi connectivity index (χ1v) is 6.10. The number of nitrogens with zero attached hydrogens (tertiary/aromatic N) is 2. The van der Waals surface area contributed by atoms with E-state index in [1.165, 1.54) is 0 Å². The second kappa shape index (κ2) is 2.83. The molecule has 1 aromatic rings. The molecule has 0 aromatic carbocycles. The Labute approximate surface area is 77.5 Å². The standard InChI is InChI=1S/C8H12N2O2S/c1-7-9-3-4-10(7)8-2-5-13(11,12)6-8/h3-4,8H,2,5-6H2,1H3. The van der Waals surface area contributed by atoms with Crippen LogP contribution in [0.4, 0.5) is 0 Å². The zero-order chi connectivity index (χ0) is 9.47. The predicted molar refractivity (Wildman–Crippen MR) is 49.3 cm³/mol. The van der Waals surface area contributed by atoms with Crippen LogP contribution in [-0.4, -0.2) is 29.5 Å². The number of rotatable bonds is 1. The number of aryl methyl sites for hydroxylation is 1. The molecule has 0 saturated carbocycles. The zero-order valence-corrected chi connectivity index (χ0v) is 8.29. The van der Waals surface area contributed by atoms with Gasteiger partial charge in [-0.05, 0) is 13.3 Å². The van der Waals surface area contributed by atoms with Gasteiger partial charge in [-0.3, -0.25) is 0 Å². The average molecular weight is 200 g/mol. The van der Waals surface area contributed by atoms with Crippen LogP contribution in [0.3, 0.4) is 0 Å². The molecule has 2 rings (SSSR count). The molecule has 0 spiro atoms. The molecule has 1 saturated heterocycles.